The molecule has 0 atom stereocenters. The normalized spacial score (nSPS) is 1.00. The molecule has 4 heavy (non-hydrogen) atoms. The average molecular weight is 378 g/mol. The van der Waals surface area contributed by atoms with Gasteiger partial charge in [0.25, 0.3) is 0 Å². The van der Waals surface area contributed by atoms with Crippen molar-refractivity contribution in [1.29, 1.82) is 0 Å². The van der Waals surface area contributed by atoms with Gasteiger partial charge in [-0.3, -0.25) is 0 Å². The third kappa shape index (κ3) is 8.82. The second-order valence-corrected chi connectivity index (χ2v) is 0. The summed E-state index contributed by atoms with van der Waals surface area (Å²) >= 11 is 0.300. The van der Waals surface area contributed by atoms with E-state index in [9.17, 15) is 0 Å². The van der Waals surface area contributed by atoms with Crippen LogP contribution in [0.2, 0.25) is 0 Å². The Labute approximate surface area is 84.9 Å². The van der Waals surface area contributed by atoms with Gasteiger partial charge in [-0.1, -0.05) is 0 Å². The topological polar surface area (TPSA) is 17.1 Å². The molecular formula is CeORhSn. The van der Waals surface area contributed by atoms with Gasteiger partial charge in [-0.25, -0.2) is 0 Å². The smallest absolute Gasteiger partial charge is 0 e. The van der Waals surface area contributed by atoms with Crippen LogP contribution in [0.4, 0.5) is 0 Å². The zero-order chi connectivity index (χ0) is 2.00. The van der Waals surface area contributed by atoms with Crippen molar-refractivity contribution in [3.63, 3.8) is 0 Å². The molecule has 0 aliphatic carbocycles. The van der Waals surface area contributed by atoms with Gasteiger partial charge in [-0.05, 0) is 0 Å². The Morgan fingerprint density at radius 3 is 1.25 bits per heavy atom. The second kappa shape index (κ2) is 17.5. The van der Waals surface area contributed by atoms with Gasteiger partial charge in [0.2, 0.25) is 0 Å². The summed E-state index contributed by atoms with van der Waals surface area (Å²) in [6.07, 6.45) is 0. The van der Waals surface area contributed by atoms with E-state index in [1.807, 2.05) is 0 Å². The van der Waals surface area contributed by atoms with Gasteiger partial charge in [0, 0.05) is 61.2 Å². The van der Waals surface area contributed by atoms with Crippen LogP contribution in [0.5, 0.6) is 0 Å². The van der Waals surface area contributed by atoms with Gasteiger partial charge in [-0.15, -0.1) is 0 Å². The fourth-order valence-corrected chi connectivity index (χ4v) is 0. The minimum atomic E-state index is 0. The van der Waals surface area contributed by atoms with E-state index in [0.717, 1.165) is 0 Å². The van der Waals surface area contributed by atoms with Crippen molar-refractivity contribution >= 4 is 22.5 Å². The maximum Gasteiger partial charge on any atom is 0 e. The van der Waals surface area contributed by atoms with Gasteiger partial charge in [0.15, 0.2) is 0 Å². The minimum absolute atomic E-state index is 0. The van der Waals surface area contributed by atoms with Gasteiger partial charge < -0.3 is 0 Å². The number of hydrogen-bond donors (Lipinski definition) is 0. The molecule has 0 amide bonds. The maximum atomic E-state index is 8.34. The molecule has 0 aromatic rings. The van der Waals surface area contributed by atoms with Crippen molar-refractivity contribution in [2.24, 2.45) is 0 Å². The molecule has 0 aromatic carbocycles. The molecule has 0 unspecified atom stereocenters. The van der Waals surface area contributed by atoms with Gasteiger partial charge >= 0.3 is 25.6 Å². The maximum absolute atomic E-state index is 8.34. The summed E-state index contributed by atoms with van der Waals surface area (Å²) in [5, 5.41) is 0. The average Bonchev–Trinajstić information content (AvgIpc) is 1.00. The summed E-state index contributed by atoms with van der Waals surface area (Å²) in [5.74, 6) is 0. The van der Waals surface area contributed by atoms with Crippen LogP contribution in [0, 0.1) is 41.7 Å². The summed E-state index contributed by atoms with van der Waals surface area (Å²) in [6, 6.07) is 0. The first-order valence-corrected chi connectivity index (χ1v) is 1.37. The largest absolute Gasteiger partial charge is 0 e. The number of hydrogen-bond acceptors (Lipinski definition) is 1. The Kier molecular flexibility index (Phi) is 70.0. The Hall–Kier alpha value is 2.60. The van der Waals surface area contributed by atoms with Crippen LogP contribution in [0.15, 0.2) is 0 Å². The van der Waals surface area contributed by atoms with Crippen LogP contribution in [-0.4, -0.2) is 22.5 Å². The molecule has 0 spiro atoms. The predicted octanol–water partition coefficient (Wildman–Crippen LogP) is -0.502. The fraction of sp³-hybridized carbons (Fsp3) is 0. The zero-order valence-corrected chi connectivity index (χ0v) is 9.37. The molecular weight excluding hydrogens is 378 g/mol. The van der Waals surface area contributed by atoms with E-state index in [4.69, 9.17) is 3.08 Å². The second-order valence-electron chi connectivity index (χ2n) is 0. The van der Waals surface area contributed by atoms with Crippen LogP contribution in [0.1, 0.15) is 0 Å². The first-order valence-electron chi connectivity index (χ1n) is 0.204. The molecule has 0 bridgehead atoms. The van der Waals surface area contributed by atoms with E-state index in [2.05, 4.69) is 0 Å². The summed E-state index contributed by atoms with van der Waals surface area (Å²) < 4.78 is 8.34. The summed E-state index contributed by atoms with van der Waals surface area (Å²) in [4.78, 5) is 0. The standard InChI is InChI=1S/Ce.O.Rh.Sn. The minimum Gasteiger partial charge on any atom is 0 e. The monoisotopic (exact) mass is 379 g/mol. The van der Waals surface area contributed by atoms with E-state index in [1.54, 1.807) is 0 Å². The van der Waals surface area contributed by atoms with Crippen LogP contribution < -0.4 is 0 Å². The van der Waals surface area contributed by atoms with Crippen molar-refractivity contribution in [3.8, 4) is 0 Å². The van der Waals surface area contributed by atoms with Crippen molar-refractivity contribution in [2.45, 2.75) is 0 Å². The van der Waals surface area contributed by atoms with Crippen LogP contribution in [-0.2, 0) is 22.6 Å². The fourth-order valence-electron chi connectivity index (χ4n) is 0. The Bertz CT molecular complexity index is 8.00. The molecule has 4 heteroatoms. The zero-order valence-electron chi connectivity index (χ0n) is 1.74. The molecule has 1 nitrogen and oxygen atoms in total. The van der Waals surface area contributed by atoms with Crippen molar-refractivity contribution in [1.82, 2.24) is 0 Å². The molecule has 0 aliphatic rings. The van der Waals surface area contributed by atoms with Crippen LogP contribution in [0.25, 0.3) is 0 Å². The number of rotatable bonds is 0. The Morgan fingerprint density at radius 2 is 1.25 bits per heavy atom. The first kappa shape index (κ1) is 16.0. The van der Waals surface area contributed by atoms with E-state index < -0.39 is 0 Å². The SMILES string of the molecule is [Ce].[O]=[Sn].[Rh]. The molecule has 0 saturated carbocycles. The molecule has 0 heterocycles. The van der Waals surface area contributed by atoms with Gasteiger partial charge in [-0.2, -0.15) is 0 Å². The molecule has 0 aromatic heterocycles. The quantitative estimate of drug-likeness (QED) is 0.520. The van der Waals surface area contributed by atoms with Crippen molar-refractivity contribution in [3.05, 3.63) is 0 Å². The van der Waals surface area contributed by atoms with Gasteiger partial charge in [0.05, 0.1) is 0 Å². The van der Waals surface area contributed by atoms with Crippen LogP contribution >= 0.6 is 0 Å². The molecule has 3 radical (unpaired) electrons. The van der Waals surface area contributed by atoms with E-state index in [-0.39, 0.29) is 61.2 Å². The van der Waals surface area contributed by atoms with E-state index in [1.165, 1.54) is 0 Å². The Morgan fingerprint density at radius 1 is 1.25 bits per heavy atom. The molecule has 0 rings (SSSR count). The molecule has 0 aliphatic heterocycles. The van der Waals surface area contributed by atoms with Crippen molar-refractivity contribution in [2.75, 3.05) is 0 Å². The van der Waals surface area contributed by atoms with Crippen LogP contribution in [0.3, 0.4) is 0 Å². The third-order valence-electron chi connectivity index (χ3n) is 0. The Balaban J connectivity index is -0.00000000500. The first-order chi connectivity index (χ1) is 1.00. The summed E-state index contributed by atoms with van der Waals surface area (Å²) in [7, 11) is 0. The molecule has 23 valence electrons. The third-order valence-corrected chi connectivity index (χ3v) is 0. The summed E-state index contributed by atoms with van der Waals surface area (Å²) in [5.41, 5.74) is 0. The molecule has 0 saturated heterocycles. The van der Waals surface area contributed by atoms with E-state index >= 15 is 0 Å². The van der Waals surface area contributed by atoms with E-state index in [0.29, 0.717) is 22.5 Å². The predicted molar refractivity (Wildman–Crippen MR) is 6.44 cm³/mol. The van der Waals surface area contributed by atoms with Gasteiger partial charge in [0.1, 0.15) is 0 Å². The molecule has 0 N–H and O–H groups in total. The summed E-state index contributed by atoms with van der Waals surface area (Å²) in [6.45, 7) is 0. The molecule has 0 fully saturated rings. The van der Waals surface area contributed by atoms with Crippen molar-refractivity contribution < 1.29 is 64.3 Å².